The molecule has 34 heavy (non-hydrogen) atoms. The van der Waals surface area contributed by atoms with Gasteiger partial charge in [-0.2, -0.15) is 16.8 Å². The fourth-order valence-corrected chi connectivity index (χ4v) is 5.83. The Kier molecular flexibility index (Phi) is 6.65. The normalized spacial score (nSPS) is 20.3. The minimum Gasteiger partial charge on any atom is -0.266 e. The molecule has 3 aromatic rings. The number of hydrogen-bond donors (Lipinski definition) is 0. The first kappa shape index (κ1) is 24.5. The van der Waals surface area contributed by atoms with E-state index in [-0.39, 0.29) is 28.9 Å². The van der Waals surface area contributed by atoms with Gasteiger partial charge in [0.2, 0.25) is 0 Å². The molecule has 1 aliphatic carbocycles. The van der Waals surface area contributed by atoms with E-state index in [2.05, 4.69) is 0 Å². The molecule has 9 heteroatoms. The topological polar surface area (TPSA) is 86.7 Å². The van der Waals surface area contributed by atoms with Crippen LogP contribution in [0.4, 0.5) is 4.39 Å². The molecule has 180 valence electrons. The van der Waals surface area contributed by atoms with Crippen LogP contribution in [0.5, 0.6) is 0 Å². The Morgan fingerprint density at radius 2 is 1.35 bits per heavy atom. The average Bonchev–Trinajstić information content (AvgIpc) is 3.52. The number of halogens is 1. The van der Waals surface area contributed by atoms with E-state index in [0.29, 0.717) is 12.0 Å². The molecule has 4 rings (SSSR count). The van der Waals surface area contributed by atoms with Crippen molar-refractivity contribution in [1.82, 2.24) is 0 Å². The van der Waals surface area contributed by atoms with Crippen LogP contribution in [0.3, 0.4) is 0 Å². The predicted octanol–water partition coefficient (Wildman–Crippen LogP) is 4.51. The second kappa shape index (κ2) is 9.22. The second-order valence-electron chi connectivity index (χ2n) is 8.65. The zero-order chi connectivity index (χ0) is 24.6. The first-order valence-electron chi connectivity index (χ1n) is 10.7. The van der Waals surface area contributed by atoms with Crippen LogP contribution in [0, 0.1) is 25.6 Å². The molecule has 6 nitrogen and oxygen atoms in total. The van der Waals surface area contributed by atoms with Gasteiger partial charge in [0.15, 0.2) is 0 Å². The molecule has 0 aliphatic heterocycles. The van der Waals surface area contributed by atoms with Crippen LogP contribution >= 0.6 is 0 Å². The average molecular weight is 505 g/mol. The molecule has 0 N–H and O–H groups in total. The standard InChI is InChI=1S/C25H25FO6S2/c1-18-6-10-23(11-7-18)33(27,28)31-16-21-15-25(21,20-4-3-5-22(26)14-20)17-32-34(29,30)24-12-8-19(2)9-13-24/h3-14,21H,15-17H2,1-2H3/t21-,25+/m0/s1. The highest BCUT2D eigenvalue weighted by molar-refractivity contribution is 7.87. The third kappa shape index (κ3) is 5.22. The first-order valence-corrected chi connectivity index (χ1v) is 13.5. The van der Waals surface area contributed by atoms with Crippen molar-refractivity contribution in [1.29, 1.82) is 0 Å². The number of hydrogen-bond acceptors (Lipinski definition) is 6. The Labute approximate surface area is 199 Å². The van der Waals surface area contributed by atoms with Crippen molar-refractivity contribution >= 4 is 20.2 Å². The molecule has 0 radical (unpaired) electrons. The summed E-state index contributed by atoms with van der Waals surface area (Å²) in [7, 11) is -8.05. The van der Waals surface area contributed by atoms with E-state index in [1.807, 2.05) is 13.8 Å². The maximum absolute atomic E-state index is 14.0. The maximum atomic E-state index is 14.0. The second-order valence-corrected chi connectivity index (χ2v) is 11.9. The van der Waals surface area contributed by atoms with Crippen molar-refractivity contribution < 1.29 is 29.6 Å². The van der Waals surface area contributed by atoms with E-state index in [9.17, 15) is 21.2 Å². The number of benzene rings is 3. The molecular weight excluding hydrogens is 479 g/mol. The first-order chi connectivity index (χ1) is 16.0. The smallest absolute Gasteiger partial charge is 0.266 e. The summed E-state index contributed by atoms with van der Waals surface area (Å²) in [5.41, 5.74) is 1.47. The Morgan fingerprint density at radius 1 is 0.824 bits per heavy atom. The molecule has 0 aromatic heterocycles. The van der Waals surface area contributed by atoms with Gasteiger partial charge in [-0.15, -0.1) is 0 Å². The summed E-state index contributed by atoms with van der Waals surface area (Å²) in [6, 6.07) is 18.4. The van der Waals surface area contributed by atoms with Crippen molar-refractivity contribution in [2.45, 2.75) is 35.5 Å². The van der Waals surface area contributed by atoms with Crippen LogP contribution in [-0.2, 0) is 34.0 Å². The largest absolute Gasteiger partial charge is 0.297 e. The third-order valence-corrected chi connectivity index (χ3v) is 8.72. The zero-order valence-electron chi connectivity index (χ0n) is 18.8. The Hall–Kier alpha value is -2.59. The Balaban J connectivity index is 1.53. The van der Waals surface area contributed by atoms with Gasteiger partial charge < -0.3 is 0 Å². The van der Waals surface area contributed by atoms with Crippen molar-refractivity contribution in [3.8, 4) is 0 Å². The number of rotatable bonds is 9. The van der Waals surface area contributed by atoms with Crippen molar-refractivity contribution in [2.75, 3.05) is 13.2 Å². The Bertz CT molecular complexity index is 1380. The van der Waals surface area contributed by atoms with Gasteiger partial charge in [0.05, 0.1) is 23.0 Å². The van der Waals surface area contributed by atoms with Gasteiger partial charge in [0, 0.05) is 5.41 Å². The lowest BCUT2D eigenvalue weighted by atomic mass is 9.94. The molecule has 0 amide bonds. The van der Waals surface area contributed by atoms with E-state index in [1.54, 1.807) is 30.3 Å². The quantitative estimate of drug-likeness (QED) is 0.399. The van der Waals surface area contributed by atoms with E-state index in [1.165, 1.54) is 42.5 Å². The van der Waals surface area contributed by atoms with E-state index < -0.39 is 31.5 Å². The van der Waals surface area contributed by atoms with Crippen LogP contribution in [0.25, 0.3) is 0 Å². The molecule has 1 aliphatic rings. The molecule has 1 saturated carbocycles. The summed E-state index contributed by atoms with van der Waals surface area (Å²) in [6.07, 6.45) is 0.392. The van der Waals surface area contributed by atoms with Crippen LogP contribution in [0.1, 0.15) is 23.1 Å². The molecule has 1 fully saturated rings. The fraction of sp³-hybridized carbons (Fsp3) is 0.280. The molecule has 0 spiro atoms. The molecule has 2 atom stereocenters. The molecular formula is C25H25FO6S2. The summed E-state index contributed by atoms with van der Waals surface area (Å²) in [4.78, 5) is 0.0520. The summed E-state index contributed by atoms with van der Waals surface area (Å²) in [5, 5.41) is 0. The highest BCUT2D eigenvalue weighted by Gasteiger charge is 2.57. The highest BCUT2D eigenvalue weighted by Crippen LogP contribution is 2.55. The highest BCUT2D eigenvalue weighted by atomic mass is 32.2. The summed E-state index contributed by atoms with van der Waals surface area (Å²) >= 11 is 0. The fourth-order valence-electron chi connectivity index (χ4n) is 3.91. The summed E-state index contributed by atoms with van der Waals surface area (Å²) in [6.45, 7) is 3.25. The third-order valence-electron chi connectivity index (χ3n) is 6.15. The van der Waals surface area contributed by atoms with Crippen LogP contribution < -0.4 is 0 Å². The Morgan fingerprint density at radius 3 is 1.88 bits per heavy atom. The molecule has 0 heterocycles. The predicted molar refractivity (Wildman–Crippen MR) is 125 cm³/mol. The van der Waals surface area contributed by atoms with E-state index in [0.717, 1.165) is 11.1 Å². The lowest BCUT2D eigenvalue weighted by Gasteiger charge is -2.19. The summed E-state index contributed by atoms with van der Waals surface area (Å²) in [5.74, 6) is -0.847. The molecule has 3 aromatic carbocycles. The van der Waals surface area contributed by atoms with Crippen LogP contribution in [0.2, 0.25) is 0 Å². The molecule has 0 saturated heterocycles. The minimum atomic E-state index is -4.06. The zero-order valence-corrected chi connectivity index (χ0v) is 20.4. The van der Waals surface area contributed by atoms with Crippen LogP contribution in [-0.4, -0.2) is 30.0 Å². The van der Waals surface area contributed by atoms with Gasteiger partial charge in [-0.25, -0.2) is 4.39 Å². The number of aryl methyl sites for hydroxylation is 2. The van der Waals surface area contributed by atoms with Crippen molar-refractivity contribution in [2.24, 2.45) is 5.92 Å². The maximum Gasteiger partial charge on any atom is 0.297 e. The van der Waals surface area contributed by atoms with E-state index in [4.69, 9.17) is 8.37 Å². The lowest BCUT2D eigenvalue weighted by molar-refractivity contribution is 0.242. The van der Waals surface area contributed by atoms with Gasteiger partial charge in [-0.1, -0.05) is 47.5 Å². The van der Waals surface area contributed by atoms with Gasteiger partial charge in [0.1, 0.15) is 5.82 Å². The van der Waals surface area contributed by atoms with Gasteiger partial charge in [0.25, 0.3) is 20.2 Å². The van der Waals surface area contributed by atoms with Gasteiger partial charge >= 0.3 is 0 Å². The van der Waals surface area contributed by atoms with Crippen LogP contribution in [0.15, 0.2) is 82.6 Å². The van der Waals surface area contributed by atoms with Gasteiger partial charge in [-0.05, 0) is 68.1 Å². The molecule has 0 bridgehead atoms. The lowest BCUT2D eigenvalue weighted by Crippen LogP contribution is -2.23. The monoisotopic (exact) mass is 504 g/mol. The minimum absolute atomic E-state index is 0.0166. The summed E-state index contributed by atoms with van der Waals surface area (Å²) < 4.78 is 75.3. The van der Waals surface area contributed by atoms with Crippen molar-refractivity contribution in [3.05, 3.63) is 95.3 Å². The van der Waals surface area contributed by atoms with E-state index >= 15 is 0 Å². The molecule has 0 unspecified atom stereocenters. The SMILES string of the molecule is Cc1ccc(S(=O)(=O)OC[C@@H]2C[C@@]2(COS(=O)(=O)c2ccc(C)cc2)c2cccc(F)c2)cc1. The van der Waals surface area contributed by atoms with Crippen molar-refractivity contribution in [3.63, 3.8) is 0 Å². The van der Waals surface area contributed by atoms with Gasteiger partial charge in [-0.3, -0.25) is 8.37 Å².